The number of hydrogen-bond donors (Lipinski definition) is 2. The molecule has 1 saturated heterocycles. The first-order valence-electron chi connectivity index (χ1n) is 12.7. The molecular formula is C31H25ClN2O5. The van der Waals surface area contributed by atoms with E-state index in [1.165, 1.54) is 0 Å². The van der Waals surface area contributed by atoms with E-state index in [-0.39, 0.29) is 28.0 Å². The van der Waals surface area contributed by atoms with Crippen molar-refractivity contribution in [3.05, 3.63) is 122 Å². The van der Waals surface area contributed by atoms with Crippen LogP contribution in [0.25, 0.3) is 0 Å². The molecule has 0 spiro atoms. The van der Waals surface area contributed by atoms with Gasteiger partial charge in [-0.1, -0.05) is 53.1 Å². The van der Waals surface area contributed by atoms with Gasteiger partial charge in [0.25, 0.3) is 0 Å². The highest BCUT2D eigenvalue weighted by Gasteiger charge is 2.56. The topological polar surface area (TPSA) is 95.9 Å². The Hall–Kier alpha value is -4.20. The molecule has 3 aliphatic heterocycles. The number of carbonyl (C=O) groups excluding carboxylic acids is 3. The average molecular weight is 541 g/mol. The molecule has 1 fully saturated rings. The van der Waals surface area contributed by atoms with E-state index in [9.17, 15) is 19.5 Å². The van der Waals surface area contributed by atoms with E-state index < -0.39 is 23.3 Å². The maximum Gasteiger partial charge on any atom is 0.348 e. The first-order chi connectivity index (χ1) is 18.7. The number of ether oxygens (including phenoxy) is 1. The van der Waals surface area contributed by atoms with Crippen molar-refractivity contribution in [1.82, 2.24) is 10.2 Å². The van der Waals surface area contributed by atoms with Crippen molar-refractivity contribution in [1.29, 1.82) is 0 Å². The largest absolute Gasteiger partial charge is 0.422 e. The fraction of sp³-hybridized carbons (Fsp3) is 0.194. The van der Waals surface area contributed by atoms with Gasteiger partial charge in [-0.05, 0) is 56.7 Å². The van der Waals surface area contributed by atoms with Gasteiger partial charge in [0.2, 0.25) is 5.78 Å². The molecule has 7 nitrogen and oxygen atoms in total. The number of rotatable bonds is 3. The molecule has 0 aliphatic carbocycles. The number of aliphatic hydroxyl groups is 1. The van der Waals surface area contributed by atoms with E-state index in [0.717, 1.165) is 11.1 Å². The highest BCUT2D eigenvalue weighted by atomic mass is 35.5. The summed E-state index contributed by atoms with van der Waals surface area (Å²) in [6, 6.07) is 18.5. The number of ketones is 2. The number of nitrogens with one attached hydrogen (secondary N) is 1. The Balaban J connectivity index is 1.67. The molecular weight excluding hydrogens is 516 g/mol. The molecule has 6 rings (SSSR count). The van der Waals surface area contributed by atoms with Gasteiger partial charge < -0.3 is 20.1 Å². The predicted molar refractivity (Wildman–Crippen MR) is 145 cm³/mol. The predicted octanol–water partition coefficient (Wildman–Crippen LogP) is 4.60. The van der Waals surface area contributed by atoms with Crippen molar-refractivity contribution in [3.63, 3.8) is 0 Å². The maximum atomic E-state index is 14.2. The van der Waals surface area contributed by atoms with Crippen LogP contribution in [0.1, 0.15) is 43.8 Å². The minimum absolute atomic E-state index is 0.0523. The van der Waals surface area contributed by atoms with Crippen LogP contribution in [0.3, 0.4) is 0 Å². The van der Waals surface area contributed by atoms with Crippen molar-refractivity contribution >= 4 is 29.1 Å². The van der Waals surface area contributed by atoms with Crippen LogP contribution in [-0.2, 0) is 10.5 Å². The average Bonchev–Trinajstić information content (AvgIpc) is 3.19. The minimum Gasteiger partial charge on any atom is -0.422 e. The third kappa shape index (κ3) is 3.88. The summed E-state index contributed by atoms with van der Waals surface area (Å²) in [7, 11) is 0. The lowest BCUT2D eigenvalue weighted by atomic mass is 9.82. The summed E-state index contributed by atoms with van der Waals surface area (Å²) in [6.45, 7) is 4.69. The second kappa shape index (κ2) is 9.22. The molecule has 1 unspecified atom stereocenters. The molecule has 1 atom stereocenters. The summed E-state index contributed by atoms with van der Waals surface area (Å²) in [5.74, 6) is -1.47. The summed E-state index contributed by atoms with van der Waals surface area (Å²) in [4.78, 5) is 43.4. The molecule has 39 heavy (non-hydrogen) atoms. The van der Waals surface area contributed by atoms with Crippen molar-refractivity contribution in [2.75, 3.05) is 13.1 Å². The third-order valence-electron chi connectivity index (χ3n) is 7.40. The summed E-state index contributed by atoms with van der Waals surface area (Å²) >= 11 is 6.08. The Morgan fingerprint density at radius 2 is 1.69 bits per heavy atom. The van der Waals surface area contributed by atoms with Gasteiger partial charge in [0.1, 0.15) is 17.1 Å². The zero-order valence-corrected chi connectivity index (χ0v) is 22.1. The smallest absolute Gasteiger partial charge is 0.348 e. The highest BCUT2D eigenvalue weighted by molar-refractivity contribution is 6.31. The van der Waals surface area contributed by atoms with Crippen LogP contribution in [0.15, 0.2) is 89.3 Å². The Morgan fingerprint density at radius 3 is 2.41 bits per heavy atom. The van der Waals surface area contributed by atoms with Crippen molar-refractivity contribution in [2.24, 2.45) is 0 Å². The first-order valence-corrected chi connectivity index (χ1v) is 13.1. The number of nitrogens with zero attached hydrogens (tertiary/aromatic N) is 1. The SMILES string of the molecule is Cc1ccc(C2(O)C(=C3C(=O)Oc4ccc(C)cc4C3=O)C(C(=O)c3ccc(Cl)cc3)=C3NCCCN32)cc1. The van der Waals surface area contributed by atoms with E-state index in [4.69, 9.17) is 16.3 Å². The lowest BCUT2D eigenvalue weighted by molar-refractivity contribution is -0.130. The van der Waals surface area contributed by atoms with Crippen LogP contribution in [0.4, 0.5) is 0 Å². The van der Waals surface area contributed by atoms with E-state index in [0.29, 0.717) is 41.5 Å². The molecule has 8 heteroatoms. The second-order valence-corrected chi connectivity index (χ2v) is 10.4. The molecule has 0 aromatic heterocycles. The second-order valence-electron chi connectivity index (χ2n) is 10.00. The summed E-state index contributed by atoms with van der Waals surface area (Å²) < 4.78 is 5.61. The standard InChI is InChI=1S/C31H25ClN2O5/c1-17-4-9-20(10-5-17)31(38)26(25-28(36)22-16-18(2)6-13-23(22)39-30(25)37)24(29-33-14-3-15-34(29)31)27(35)19-7-11-21(32)12-8-19/h4-13,16,33,38H,3,14-15H2,1-2H3. The van der Waals surface area contributed by atoms with E-state index in [2.05, 4.69) is 5.32 Å². The van der Waals surface area contributed by atoms with Gasteiger partial charge in [-0.3, -0.25) is 9.59 Å². The fourth-order valence-electron chi connectivity index (χ4n) is 5.48. The van der Waals surface area contributed by atoms with Crippen LogP contribution in [0.5, 0.6) is 5.75 Å². The van der Waals surface area contributed by atoms with Gasteiger partial charge in [-0.15, -0.1) is 0 Å². The molecule has 3 heterocycles. The number of fused-ring (bicyclic) bond motifs is 2. The Bertz CT molecular complexity index is 1620. The number of Topliss-reactive ketones (excluding diaryl/α,β-unsaturated/α-hetero) is 2. The Labute approximate surface area is 230 Å². The zero-order valence-electron chi connectivity index (χ0n) is 21.4. The molecule has 0 saturated carbocycles. The monoisotopic (exact) mass is 540 g/mol. The Kier molecular flexibility index (Phi) is 5.93. The van der Waals surface area contributed by atoms with Crippen molar-refractivity contribution < 1.29 is 24.2 Å². The lowest BCUT2D eigenvalue weighted by Crippen LogP contribution is -2.50. The van der Waals surface area contributed by atoms with Crippen LogP contribution >= 0.6 is 11.6 Å². The van der Waals surface area contributed by atoms with Gasteiger partial charge in [0.05, 0.1) is 11.1 Å². The number of esters is 1. The number of carbonyl (C=O) groups is 3. The molecule has 0 amide bonds. The van der Waals surface area contributed by atoms with Crippen LogP contribution in [0.2, 0.25) is 5.02 Å². The molecule has 0 bridgehead atoms. The number of aryl methyl sites for hydroxylation is 2. The van der Waals surface area contributed by atoms with Crippen LogP contribution in [0, 0.1) is 13.8 Å². The number of halogens is 1. The molecule has 3 aliphatic rings. The number of hydrogen-bond acceptors (Lipinski definition) is 7. The van der Waals surface area contributed by atoms with Gasteiger partial charge >= 0.3 is 5.97 Å². The highest BCUT2D eigenvalue weighted by Crippen LogP contribution is 2.50. The van der Waals surface area contributed by atoms with E-state index >= 15 is 0 Å². The molecule has 3 aromatic carbocycles. The quantitative estimate of drug-likeness (QED) is 0.165. The number of benzene rings is 3. The molecule has 196 valence electrons. The molecule has 2 N–H and O–H groups in total. The van der Waals surface area contributed by atoms with Gasteiger partial charge in [0, 0.05) is 34.8 Å². The normalized spacial score (nSPS) is 22.3. The van der Waals surface area contributed by atoms with Gasteiger partial charge in [-0.25, -0.2) is 4.79 Å². The lowest BCUT2D eigenvalue weighted by Gasteiger charge is -2.41. The van der Waals surface area contributed by atoms with Crippen molar-refractivity contribution in [3.8, 4) is 5.75 Å². The Morgan fingerprint density at radius 1 is 1.00 bits per heavy atom. The third-order valence-corrected chi connectivity index (χ3v) is 7.65. The van der Waals surface area contributed by atoms with Crippen LogP contribution in [-0.4, -0.2) is 40.6 Å². The van der Waals surface area contributed by atoms with E-state index in [1.807, 2.05) is 26.0 Å². The maximum absolute atomic E-state index is 14.2. The molecule has 0 radical (unpaired) electrons. The van der Waals surface area contributed by atoms with E-state index in [1.54, 1.807) is 59.5 Å². The summed E-state index contributed by atoms with van der Waals surface area (Å²) in [5, 5.41) is 16.4. The summed E-state index contributed by atoms with van der Waals surface area (Å²) in [5.41, 5.74) is 0.309. The molecule has 3 aromatic rings. The minimum atomic E-state index is -1.99. The van der Waals surface area contributed by atoms with Gasteiger partial charge in [-0.2, -0.15) is 0 Å². The van der Waals surface area contributed by atoms with Gasteiger partial charge in [0.15, 0.2) is 11.5 Å². The summed E-state index contributed by atoms with van der Waals surface area (Å²) in [6.07, 6.45) is 0.670. The first kappa shape index (κ1) is 25.1. The zero-order chi connectivity index (χ0) is 27.5. The van der Waals surface area contributed by atoms with Crippen molar-refractivity contribution in [2.45, 2.75) is 26.0 Å². The van der Waals surface area contributed by atoms with Crippen LogP contribution < -0.4 is 10.1 Å². The fourth-order valence-corrected chi connectivity index (χ4v) is 5.61.